The van der Waals surface area contributed by atoms with Crippen LogP contribution in [0.2, 0.25) is 0 Å². The number of benzene rings is 1. The summed E-state index contributed by atoms with van der Waals surface area (Å²) in [5.74, 6) is -0.161. The molecule has 0 saturated carbocycles. The first kappa shape index (κ1) is 17.0. The lowest BCUT2D eigenvalue weighted by Crippen LogP contribution is -2.31. The van der Waals surface area contributed by atoms with E-state index in [1.165, 1.54) is 0 Å². The minimum absolute atomic E-state index is 0.0989. The van der Waals surface area contributed by atoms with Crippen LogP contribution in [0.15, 0.2) is 30.3 Å². The van der Waals surface area contributed by atoms with Gasteiger partial charge in [0.1, 0.15) is 4.88 Å². The van der Waals surface area contributed by atoms with Crippen LogP contribution >= 0.6 is 11.3 Å². The van der Waals surface area contributed by atoms with Gasteiger partial charge in [-0.25, -0.2) is 9.78 Å². The zero-order valence-electron chi connectivity index (χ0n) is 13.3. The number of nitrogens with one attached hydrogen (secondary N) is 3. The second-order valence-electron chi connectivity index (χ2n) is 5.16. The van der Waals surface area contributed by atoms with Crippen LogP contribution in [0.4, 0.5) is 15.6 Å². The number of carbonyl (C=O) groups excluding carboxylic acids is 2. The van der Waals surface area contributed by atoms with E-state index in [0.29, 0.717) is 21.4 Å². The van der Waals surface area contributed by atoms with Crippen LogP contribution < -0.4 is 16.0 Å². The molecule has 0 radical (unpaired) electrons. The maximum absolute atomic E-state index is 12.2. The van der Waals surface area contributed by atoms with Crippen molar-refractivity contribution < 1.29 is 9.59 Å². The Morgan fingerprint density at radius 1 is 1.22 bits per heavy atom. The van der Waals surface area contributed by atoms with Crippen LogP contribution in [0.5, 0.6) is 0 Å². The van der Waals surface area contributed by atoms with E-state index in [-0.39, 0.29) is 18.0 Å². The molecule has 7 heteroatoms. The number of amides is 3. The molecule has 1 atom stereocenters. The van der Waals surface area contributed by atoms with E-state index in [1.54, 1.807) is 19.1 Å². The predicted octanol–water partition coefficient (Wildman–Crippen LogP) is 3.62. The zero-order chi connectivity index (χ0) is 16.8. The third-order valence-corrected chi connectivity index (χ3v) is 4.32. The summed E-state index contributed by atoms with van der Waals surface area (Å²) >= 11 is 1.16. The van der Waals surface area contributed by atoms with E-state index < -0.39 is 0 Å². The minimum Gasteiger partial charge on any atom is -0.349 e. The van der Waals surface area contributed by atoms with Crippen molar-refractivity contribution in [3.8, 4) is 0 Å². The summed E-state index contributed by atoms with van der Waals surface area (Å²) in [4.78, 5) is 28.8. The van der Waals surface area contributed by atoms with Gasteiger partial charge in [-0.15, -0.1) is 0 Å². The largest absolute Gasteiger partial charge is 0.349 e. The maximum Gasteiger partial charge on any atom is 0.325 e. The highest BCUT2D eigenvalue weighted by Crippen LogP contribution is 2.23. The summed E-state index contributed by atoms with van der Waals surface area (Å²) in [7, 11) is 0. The normalized spacial score (nSPS) is 11.6. The average Bonchev–Trinajstić information content (AvgIpc) is 2.88. The Bertz CT molecular complexity index is 685. The molecule has 0 aliphatic rings. The van der Waals surface area contributed by atoms with E-state index in [9.17, 15) is 9.59 Å². The van der Waals surface area contributed by atoms with Crippen molar-refractivity contribution in [3.05, 3.63) is 40.9 Å². The highest BCUT2D eigenvalue weighted by molar-refractivity contribution is 7.17. The number of nitrogens with zero attached hydrogens (tertiary/aromatic N) is 1. The van der Waals surface area contributed by atoms with Crippen LogP contribution in [0.3, 0.4) is 0 Å². The third-order valence-electron chi connectivity index (χ3n) is 3.24. The molecule has 0 spiro atoms. The number of rotatable bonds is 5. The summed E-state index contributed by atoms with van der Waals surface area (Å²) in [6.07, 6.45) is 0.855. The molecule has 0 bridgehead atoms. The molecule has 0 unspecified atom stereocenters. The van der Waals surface area contributed by atoms with Crippen LogP contribution in [-0.4, -0.2) is 23.0 Å². The summed E-state index contributed by atoms with van der Waals surface area (Å²) < 4.78 is 0. The molecule has 0 saturated heterocycles. The number of hydrogen-bond acceptors (Lipinski definition) is 4. The Balaban J connectivity index is 2.00. The molecule has 2 rings (SSSR count). The molecule has 1 aromatic heterocycles. The lowest BCUT2D eigenvalue weighted by molar-refractivity contribution is 0.0942. The van der Waals surface area contributed by atoms with Gasteiger partial charge in [-0.3, -0.25) is 10.1 Å². The molecular weight excluding hydrogens is 312 g/mol. The van der Waals surface area contributed by atoms with Crippen molar-refractivity contribution in [3.63, 3.8) is 0 Å². The van der Waals surface area contributed by atoms with E-state index in [2.05, 4.69) is 20.9 Å². The van der Waals surface area contributed by atoms with Gasteiger partial charge in [-0.2, -0.15) is 0 Å². The Labute approximate surface area is 139 Å². The van der Waals surface area contributed by atoms with Crippen molar-refractivity contribution in [2.75, 3.05) is 10.6 Å². The van der Waals surface area contributed by atoms with E-state index >= 15 is 0 Å². The Morgan fingerprint density at radius 2 is 1.91 bits per heavy atom. The van der Waals surface area contributed by atoms with E-state index in [0.717, 1.165) is 17.8 Å². The number of urea groups is 1. The van der Waals surface area contributed by atoms with Crippen molar-refractivity contribution in [2.24, 2.45) is 0 Å². The second-order valence-corrected chi connectivity index (χ2v) is 6.16. The molecular formula is C16H20N4O2S. The number of thiazole rings is 1. The first-order valence-electron chi connectivity index (χ1n) is 7.41. The van der Waals surface area contributed by atoms with Gasteiger partial charge < -0.3 is 10.6 Å². The Kier molecular flexibility index (Phi) is 5.70. The molecule has 1 aromatic carbocycles. The molecule has 0 fully saturated rings. The SMILES string of the molecule is CC[C@H](C)NC(=O)c1sc(NC(=O)Nc2ccccc2)nc1C. The summed E-state index contributed by atoms with van der Waals surface area (Å²) in [6, 6.07) is 8.83. The van der Waals surface area contributed by atoms with Crippen molar-refractivity contribution in [1.82, 2.24) is 10.3 Å². The molecule has 6 nitrogen and oxygen atoms in total. The third kappa shape index (κ3) is 4.79. The van der Waals surface area contributed by atoms with Crippen molar-refractivity contribution in [1.29, 1.82) is 0 Å². The predicted molar refractivity (Wildman–Crippen MR) is 93.2 cm³/mol. The van der Waals surface area contributed by atoms with Gasteiger partial charge in [0.05, 0.1) is 5.69 Å². The number of hydrogen-bond donors (Lipinski definition) is 3. The van der Waals surface area contributed by atoms with Gasteiger partial charge in [0.2, 0.25) is 0 Å². The number of para-hydroxylation sites is 1. The first-order chi connectivity index (χ1) is 11.0. The highest BCUT2D eigenvalue weighted by Gasteiger charge is 2.17. The maximum atomic E-state index is 12.2. The molecule has 0 aliphatic heterocycles. The standard InChI is InChI=1S/C16H20N4O2S/c1-4-10(2)17-14(21)13-11(3)18-16(23-13)20-15(22)19-12-8-6-5-7-9-12/h5-10H,4H2,1-3H3,(H,17,21)(H2,18,19,20,22)/t10-/m0/s1. The number of aromatic nitrogens is 1. The quantitative estimate of drug-likeness (QED) is 0.782. The van der Waals surface area contributed by atoms with Crippen molar-refractivity contribution >= 4 is 34.1 Å². The molecule has 2 aromatic rings. The number of aryl methyl sites for hydroxylation is 1. The average molecular weight is 332 g/mol. The lowest BCUT2D eigenvalue weighted by Gasteiger charge is -2.09. The van der Waals surface area contributed by atoms with Gasteiger partial charge >= 0.3 is 6.03 Å². The molecule has 0 aliphatic carbocycles. The van der Waals surface area contributed by atoms with E-state index in [4.69, 9.17) is 0 Å². The van der Waals surface area contributed by atoms with Gasteiger partial charge in [0.25, 0.3) is 5.91 Å². The smallest absolute Gasteiger partial charge is 0.325 e. The van der Waals surface area contributed by atoms with Gasteiger partial charge in [-0.1, -0.05) is 36.5 Å². The van der Waals surface area contributed by atoms with Crippen LogP contribution in [-0.2, 0) is 0 Å². The van der Waals surface area contributed by atoms with Crippen LogP contribution in [0.25, 0.3) is 0 Å². The van der Waals surface area contributed by atoms with Crippen molar-refractivity contribution in [2.45, 2.75) is 33.2 Å². The summed E-state index contributed by atoms with van der Waals surface area (Å²) in [6.45, 7) is 5.70. The number of carbonyl (C=O) groups is 2. The fourth-order valence-corrected chi connectivity index (χ4v) is 2.70. The second kappa shape index (κ2) is 7.73. The van der Waals surface area contributed by atoms with Gasteiger partial charge in [-0.05, 0) is 32.4 Å². The Morgan fingerprint density at radius 3 is 2.57 bits per heavy atom. The van der Waals surface area contributed by atoms with Gasteiger partial charge in [0.15, 0.2) is 5.13 Å². The van der Waals surface area contributed by atoms with E-state index in [1.807, 2.05) is 32.0 Å². The molecule has 3 amide bonds. The highest BCUT2D eigenvalue weighted by atomic mass is 32.1. The first-order valence-corrected chi connectivity index (χ1v) is 8.22. The summed E-state index contributed by atoms with van der Waals surface area (Å²) in [5.41, 5.74) is 1.29. The van der Waals surface area contributed by atoms with Gasteiger partial charge in [0, 0.05) is 11.7 Å². The monoisotopic (exact) mass is 332 g/mol. The molecule has 3 N–H and O–H groups in total. The topological polar surface area (TPSA) is 83.1 Å². The van der Waals surface area contributed by atoms with Crippen LogP contribution in [0, 0.1) is 6.92 Å². The Hall–Kier alpha value is -2.41. The molecule has 23 heavy (non-hydrogen) atoms. The fourth-order valence-electron chi connectivity index (χ4n) is 1.83. The molecule has 1 heterocycles. The van der Waals surface area contributed by atoms with Crippen LogP contribution in [0.1, 0.15) is 35.6 Å². The minimum atomic E-state index is -0.390. The zero-order valence-corrected chi connectivity index (χ0v) is 14.2. The molecule has 122 valence electrons. The summed E-state index contributed by atoms with van der Waals surface area (Å²) in [5, 5.41) is 8.65. The lowest BCUT2D eigenvalue weighted by atomic mass is 10.2. The fraction of sp³-hybridized carbons (Fsp3) is 0.312. The number of anilines is 2.